The number of ketones is 1. The van der Waals surface area contributed by atoms with Gasteiger partial charge in [-0.3, -0.25) is 4.79 Å². The van der Waals surface area contributed by atoms with Crippen molar-refractivity contribution in [1.82, 2.24) is 0 Å². The topological polar surface area (TPSA) is 44.8 Å². The van der Waals surface area contributed by atoms with Crippen molar-refractivity contribution in [3.8, 4) is 0 Å². The molecular weight excluding hydrogens is 220 g/mol. The molecule has 2 fully saturated rings. The third-order valence-electron chi connectivity index (χ3n) is 3.10. The van der Waals surface area contributed by atoms with Crippen LogP contribution in [0.5, 0.6) is 0 Å². The van der Waals surface area contributed by atoms with Crippen molar-refractivity contribution < 1.29 is 19.0 Å². The number of carbonyl (C=O) groups is 1. The van der Waals surface area contributed by atoms with Crippen LogP contribution in [0.2, 0.25) is 0 Å². The molecule has 3 atom stereocenters. The van der Waals surface area contributed by atoms with E-state index >= 15 is 0 Å². The molecule has 4 heteroatoms. The van der Waals surface area contributed by atoms with Gasteiger partial charge >= 0.3 is 0 Å². The van der Waals surface area contributed by atoms with Gasteiger partial charge in [0.05, 0.1) is 19.3 Å². The van der Waals surface area contributed by atoms with Crippen LogP contribution in [0.1, 0.15) is 12.0 Å². The predicted octanol–water partition coefficient (Wildman–Crippen LogP) is 1.29. The van der Waals surface area contributed by atoms with Crippen molar-refractivity contribution in [2.75, 3.05) is 6.61 Å². The Labute approximate surface area is 99.5 Å². The van der Waals surface area contributed by atoms with Gasteiger partial charge < -0.3 is 14.2 Å². The van der Waals surface area contributed by atoms with Gasteiger partial charge in [0, 0.05) is 6.42 Å². The lowest BCUT2D eigenvalue weighted by atomic mass is 10.1. The molecule has 0 N–H and O–H groups in total. The predicted molar refractivity (Wildman–Crippen MR) is 59.3 cm³/mol. The second kappa shape index (κ2) is 4.56. The molecule has 2 bridgehead atoms. The van der Waals surface area contributed by atoms with Crippen LogP contribution in [-0.4, -0.2) is 30.9 Å². The summed E-state index contributed by atoms with van der Waals surface area (Å²) in [7, 11) is 0. The normalized spacial score (nSPS) is 31.8. The zero-order valence-electron chi connectivity index (χ0n) is 9.37. The van der Waals surface area contributed by atoms with E-state index < -0.39 is 6.29 Å². The molecule has 2 heterocycles. The van der Waals surface area contributed by atoms with Crippen LogP contribution in [0, 0.1) is 0 Å². The third-order valence-corrected chi connectivity index (χ3v) is 3.10. The summed E-state index contributed by atoms with van der Waals surface area (Å²) in [4.78, 5) is 11.5. The first kappa shape index (κ1) is 10.9. The van der Waals surface area contributed by atoms with Gasteiger partial charge in [-0.15, -0.1) is 0 Å². The maximum Gasteiger partial charge on any atom is 0.218 e. The average Bonchev–Trinajstić information content (AvgIpc) is 2.80. The lowest BCUT2D eigenvalue weighted by Crippen LogP contribution is -2.40. The van der Waals surface area contributed by atoms with E-state index in [4.69, 9.17) is 14.2 Å². The van der Waals surface area contributed by atoms with E-state index in [1.54, 1.807) is 0 Å². The summed E-state index contributed by atoms with van der Waals surface area (Å²) >= 11 is 0. The molecule has 1 aromatic carbocycles. The molecule has 17 heavy (non-hydrogen) atoms. The first-order valence-corrected chi connectivity index (χ1v) is 5.78. The number of rotatable bonds is 3. The van der Waals surface area contributed by atoms with Gasteiger partial charge in [0.15, 0.2) is 5.78 Å². The minimum absolute atomic E-state index is 0.0168. The molecule has 3 rings (SSSR count). The zero-order valence-corrected chi connectivity index (χ0v) is 9.37. The maximum absolute atomic E-state index is 11.5. The quantitative estimate of drug-likeness (QED) is 0.790. The number of hydrogen-bond acceptors (Lipinski definition) is 4. The minimum Gasteiger partial charge on any atom is -0.370 e. The fraction of sp³-hybridized carbons (Fsp3) is 0.462. The molecule has 0 aliphatic carbocycles. The summed E-state index contributed by atoms with van der Waals surface area (Å²) in [5.74, 6) is -0.0168. The Morgan fingerprint density at radius 2 is 2.12 bits per heavy atom. The van der Waals surface area contributed by atoms with Crippen LogP contribution in [0.3, 0.4) is 0 Å². The maximum atomic E-state index is 11.5. The monoisotopic (exact) mass is 234 g/mol. The van der Waals surface area contributed by atoms with Crippen LogP contribution < -0.4 is 0 Å². The van der Waals surface area contributed by atoms with Crippen molar-refractivity contribution >= 4 is 5.78 Å². The zero-order chi connectivity index (χ0) is 11.7. The molecule has 1 aromatic rings. The van der Waals surface area contributed by atoms with Crippen LogP contribution in [0.25, 0.3) is 0 Å². The molecule has 4 nitrogen and oxygen atoms in total. The van der Waals surface area contributed by atoms with Crippen LogP contribution in [0.4, 0.5) is 0 Å². The fourth-order valence-electron chi connectivity index (χ4n) is 2.15. The highest BCUT2D eigenvalue weighted by Gasteiger charge is 2.43. The van der Waals surface area contributed by atoms with Gasteiger partial charge in [0.25, 0.3) is 0 Å². The van der Waals surface area contributed by atoms with Gasteiger partial charge in [0.1, 0.15) is 6.10 Å². The number of benzene rings is 1. The highest BCUT2D eigenvalue weighted by molar-refractivity contribution is 5.83. The van der Waals surface area contributed by atoms with E-state index in [1.807, 2.05) is 30.3 Å². The van der Waals surface area contributed by atoms with E-state index in [-0.39, 0.29) is 18.0 Å². The van der Waals surface area contributed by atoms with Crippen molar-refractivity contribution in [2.24, 2.45) is 0 Å². The summed E-state index contributed by atoms with van der Waals surface area (Å²) in [6, 6.07) is 9.90. The number of ether oxygens (including phenoxy) is 3. The van der Waals surface area contributed by atoms with E-state index in [1.165, 1.54) is 0 Å². The fourth-order valence-corrected chi connectivity index (χ4v) is 2.15. The Balaban J connectivity index is 1.60. The standard InChI is InChI=1S/C13H14O4/c14-10-6-11(12-8-16-13(10)17-12)15-7-9-4-2-1-3-5-9/h1-5,11-13H,6-8H2/t11-,12+,13+/m0/s1. The largest absolute Gasteiger partial charge is 0.370 e. The molecule has 0 unspecified atom stereocenters. The number of hydrogen-bond donors (Lipinski definition) is 0. The molecule has 0 saturated carbocycles. The molecule has 0 radical (unpaired) electrons. The van der Waals surface area contributed by atoms with Crippen LogP contribution in [-0.2, 0) is 25.6 Å². The van der Waals surface area contributed by atoms with E-state index in [0.29, 0.717) is 19.6 Å². The summed E-state index contributed by atoms with van der Waals surface area (Å²) < 4.78 is 16.4. The van der Waals surface area contributed by atoms with E-state index in [2.05, 4.69) is 0 Å². The summed E-state index contributed by atoms with van der Waals surface area (Å²) in [6.45, 7) is 0.958. The van der Waals surface area contributed by atoms with Crippen molar-refractivity contribution in [1.29, 1.82) is 0 Å². The second-order valence-electron chi connectivity index (χ2n) is 4.35. The van der Waals surface area contributed by atoms with Crippen molar-refractivity contribution in [3.05, 3.63) is 35.9 Å². The molecule has 0 aromatic heterocycles. The van der Waals surface area contributed by atoms with E-state index in [9.17, 15) is 4.79 Å². The Bertz CT molecular complexity index is 403. The van der Waals surface area contributed by atoms with Crippen molar-refractivity contribution in [2.45, 2.75) is 31.5 Å². The Hall–Kier alpha value is -1.23. The molecular formula is C13H14O4. The van der Waals surface area contributed by atoms with Gasteiger partial charge in [-0.25, -0.2) is 0 Å². The summed E-state index contributed by atoms with van der Waals surface area (Å²) in [6.07, 6.45) is -0.526. The smallest absolute Gasteiger partial charge is 0.218 e. The van der Waals surface area contributed by atoms with Crippen molar-refractivity contribution in [3.63, 3.8) is 0 Å². The highest BCUT2D eigenvalue weighted by atomic mass is 16.7. The van der Waals surface area contributed by atoms with Gasteiger partial charge in [-0.05, 0) is 5.56 Å². The Morgan fingerprint density at radius 3 is 2.94 bits per heavy atom. The molecule has 90 valence electrons. The first-order valence-electron chi connectivity index (χ1n) is 5.78. The van der Waals surface area contributed by atoms with Crippen LogP contribution in [0.15, 0.2) is 30.3 Å². The Kier molecular flexibility index (Phi) is 2.93. The van der Waals surface area contributed by atoms with Gasteiger partial charge in [-0.2, -0.15) is 0 Å². The molecule has 2 aliphatic rings. The molecule has 0 spiro atoms. The molecule has 2 aliphatic heterocycles. The minimum atomic E-state index is -0.642. The highest BCUT2D eigenvalue weighted by Crippen LogP contribution is 2.27. The third kappa shape index (κ3) is 2.24. The lowest BCUT2D eigenvalue weighted by Gasteiger charge is -2.26. The van der Waals surface area contributed by atoms with Crippen LogP contribution >= 0.6 is 0 Å². The Morgan fingerprint density at radius 1 is 1.29 bits per heavy atom. The number of fused-ring (bicyclic) bond motifs is 2. The average molecular weight is 234 g/mol. The lowest BCUT2D eigenvalue weighted by molar-refractivity contribution is -0.168. The molecule has 0 amide bonds. The SMILES string of the molecule is O=C1C[C@H](OCc2ccccc2)[C@H]2CO[C@@H]1O2. The summed E-state index contributed by atoms with van der Waals surface area (Å²) in [5, 5.41) is 0. The van der Waals surface area contributed by atoms with Gasteiger partial charge in [-0.1, -0.05) is 30.3 Å². The first-order chi connectivity index (χ1) is 8.33. The number of carbonyl (C=O) groups excluding carboxylic acids is 1. The van der Waals surface area contributed by atoms with Gasteiger partial charge in [0.2, 0.25) is 6.29 Å². The number of Topliss-reactive ketones (excluding diaryl/α,β-unsaturated/α-hetero) is 1. The second-order valence-corrected chi connectivity index (χ2v) is 4.35. The van der Waals surface area contributed by atoms with E-state index in [0.717, 1.165) is 5.56 Å². The summed E-state index contributed by atoms with van der Waals surface area (Å²) in [5.41, 5.74) is 1.10. The molecule has 2 saturated heterocycles.